The fourth-order valence-corrected chi connectivity index (χ4v) is 2.41. The van der Waals surface area contributed by atoms with Gasteiger partial charge in [0.1, 0.15) is 0 Å². The van der Waals surface area contributed by atoms with Crippen molar-refractivity contribution in [2.45, 2.75) is 18.9 Å². The summed E-state index contributed by atoms with van der Waals surface area (Å²) < 4.78 is 1.00. The van der Waals surface area contributed by atoms with Crippen LogP contribution < -0.4 is 5.32 Å². The molecule has 0 atom stereocenters. The van der Waals surface area contributed by atoms with Gasteiger partial charge < -0.3 is 10.2 Å². The van der Waals surface area contributed by atoms with E-state index in [2.05, 4.69) is 21.2 Å². The summed E-state index contributed by atoms with van der Waals surface area (Å²) in [5, 5.41) is 3.27. The highest BCUT2D eigenvalue weighted by atomic mass is 79.9. The van der Waals surface area contributed by atoms with Gasteiger partial charge in [-0.1, -0.05) is 15.9 Å². The third kappa shape index (κ3) is 3.70. The molecule has 1 N–H and O–H groups in total. The molecule has 1 aliphatic heterocycles. The molecular formula is C13H18BrClN2O. The van der Waals surface area contributed by atoms with Crippen molar-refractivity contribution in [3.05, 3.63) is 34.3 Å². The molecule has 100 valence electrons. The molecule has 1 amide bonds. The Morgan fingerprint density at radius 2 is 1.83 bits per heavy atom. The SMILES string of the molecule is CNC1CCN(C(=O)c2ccc(Br)cc2)CC1.Cl. The molecule has 0 spiro atoms. The van der Waals surface area contributed by atoms with Crippen LogP contribution in [0.25, 0.3) is 0 Å². The Labute approximate surface area is 122 Å². The average Bonchev–Trinajstić information content (AvgIpc) is 2.39. The second-order valence-electron chi connectivity index (χ2n) is 4.36. The van der Waals surface area contributed by atoms with Crippen molar-refractivity contribution >= 4 is 34.2 Å². The number of hydrogen-bond donors (Lipinski definition) is 1. The Kier molecular flexibility index (Phi) is 6.12. The fourth-order valence-electron chi connectivity index (χ4n) is 2.15. The monoisotopic (exact) mass is 332 g/mol. The minimum absolute atomic E-state index is 0. The maximum Gasteiger partial charge on any atom is 0.253 e. The predicted molar refractivity (Wildman–Crippen MR) is 79.4 cm³/mol. The third-order valence-electron chi connectivity index (χ3n) is 3.28. The number of hydrogen-bond acceptors (Lipinski definition) is 2. The van der Waals surface area contributed by atoms with Crippen molar-refractivity contribution in [3.8, 4) is 0 Å². The summed E-state index contributed by atoms with van der Waals surface area (Å²) in [4.78, 5) is 14.1. The van der Waals surface area contributed by atoms with Crippen LogP contribution in [-0.2, 0) is 0 Å². The summed E-state index contributed by atoms with van der Waals surface area (Å²) in [7, 11) is 1.98. The summed E-state index contributed by atoms with van der Waals surface area (Å²) >= 11 is 3.37. The number of rotatable bonds is 2. The predicted octanol–water partition coefficient (Wildman–Crippen LogP) is 2.69. The number of likely N-dealkylation sites (tertiary alicyclic amines) is 1. The van der Waals surface area contributed by atoms with Gasteiger partial charge in [0.15, 0.2) is 0 Å². The highest BCUT2D eigenvalue weighted by Crippen LogP contribution is 2.16. The molecule has 0 saturated carbocycles. The zero-order valence-electron chi connectivity index (χ0n) is 10.4. The van der Waals surface area contributed by atoms with Gasteiger partial charge >= 0.3 is 0 Å². The zero-order chi connectivity index (χ0) is 12.3. The molecule has 1 aromatic rings. The van der Waals surface area contributed by atoms with Gasteiger partial charge in [0.25, 0.3) is 5.91 Å². The van der Waals surface area contributed by atoms with Crippen molar-refractivity contribution in [1.82, 2.24) is 10.2 Å². The maximum absolute atomic E-state index is 12.2. The fraction of sp³-hybridized carbons (Fsp3) is 0.462. The first kappa shape index (κ1) is 15.5. The average molecular weight is 334 g/mol. The number of nitrogens with zero attached hydrogens (tertiary/aromatic N) is 1. The molecule has 1 aromatic carbocycles. The lowest BCUT2D eigenvalue weighted by Crippen LogP contribution is -2.43. The highest BCUT2D eigenvalue weighted by Gasteiger charge is 2.22. The van der Waals surface area contributed by atoms with Gasteiger partial charge in [0.05, 0.1) is 0 Å². The van der Waals surface area contributed by atoms with E-state index in [1.807, 2.05) is 36.2 Å². The van der Waals surface area contributed by atoms with Crippen LogP contribution in [0.5, 0.6) is 0 Å². The van der Waals surface area contributed by atoms with Crippen LogP contribution in [-0.4, -0.2) is 37.0 Å². The molecule has 2 rings (SSSR count). The van der Waals surface area contributed by atoms with E-state index < -0.39 is 0 Å². The molecule has 1 aliphatic rings. The van der Waals surface area contributed by atoms with Crippen LogP contribution in [0.3, 0.4) is 0 Å². The Hall–Kier alpha value is -0.580. The number of piperidine rings is 1. The molecule has 0 radical (unpaired) electrons. The van der Waals surface area contributed by atoms with E-state index in [0.717, 1.165) is 36.0 Å². The summed E-state index contributed by atoms with van der Waals surface area (Å²) in [6.45, 7) is 1.70. The molecule has 0 aromatic heterocycles. The maximum atomic E-state index is 12.2. The smallest absolute Gasteiger partial charge is 0.253 e. The summed E-state index contributed by atoms with van der Waals surface area (Å²) in [6, 6.07) is 8.12. The van der Waals surface area contributed by atoms with Crippen molar-refractivity contribution in [3.63, 3.8) is 0 Å². The van der Waals surface area contributed by atoms with E-state index in [9.17, 15) is 4.79 Å². The van der Waals surface area contributed by atoms with Crippen molar-refractivity contribution in [2.75, 3.05) is 20.1 Å². The quantitative estimate of drug-likeness (QED) is 0.902. The molecular weight excluding hydrogens is 316 g/mol. The Morgan fingerprint density at radius 3 is 2.33 bits per heavy atom. The van der Waals surface area contributed by atoms with Crippen LogP contribution in [0.2, 0.25) is 0 Å². The van der Waals surface area contributed by atoms with E-state index in [0.29, 0.717) is 6.04 Å². The minimum Gasteiger partial charge on any atom is -0.339 e. The summed E-state index contributed by atoms with van der Waals surface area (Å²) in [5.41, 5.74) is 0.774. The van der Waals surface area contributed by atoms with Crippen molar-refractivity contribution in [2.24, 2.45) is 0 Å². The molecule has 1 fully saturated rings. The third-order valence-corrected chi connectivity index (χ3v) is 3.81. The van der Waals surface area contributed by atoms with Crippen LogP contribution >= 0.6 is 28.3 Å². The summed E-state index contributed by atoms with van der Waals surface area (Å²) in [6.07, 6.45) is 2.08. The zero-order valence-corrected chi connectivity index (χ0v) is 12.8. The second kappa shape index (κ2) is 7.12. The standard InChI is InChI=1S/C13H17BrN2O.ClH/c1-15-12-6-8-16(9-7-12)13(17)10-2-4-11(14)5-3-10;/h2-5,12,15H,6-9H2,1H3;1H. The normalized spacial score (nSPS) is 16.2. The van der Waals surface area contributed by atoms with Crippen LogP contribution in [0.4, 0.5) is 0 Å². The number of nitrogens with one attached hydrogen (secondary N) is 1. The highest BCUT2D eigenvalue weighted by molar-refractivity contribution is 9.10. The topological polar surface area (TPSA) is 32.3 Å². The van der Waals surface area contributed by atoms with Gasteiger partial charge in [0.2, 0.25) is 0 Å². The van der Waals surface area contributed by atoms with E-state index >= 15 is 0 Å². The van der Waals surface area contributed by atoms with Crippen LogP contribution in [0.15, 0.2) is 28.7 Å². The van der Waals surface area contributed by atoms with Crippen LogP contribution in [0.1, 0.15) is 23.2 Å². The van der Waals surface area contributed by atoms with Gasteiger partial charge in [-0.3, -0.25) is 4.79 Å². The van der Waals surface area contributed by atoms with Crippen LogP contribution in [0, 0.1) is 0 Å². The Morgan fingerprint density at radius 1 is 1.28 bits per heavy atom. The molecule has 3 nitrogen and oxygen atoms in total. The second-order valence-corrected chi connectivity index (χ2v) is 5.28. The van der Waals surface area contributed by atoms with Gasteiger partial charge in [-0.2, -0.15) is 0 Å². The first-order valence-electron chi connectivity index (χ1n) is 5.93. The van der Waals surface area contributed by atoms with Gasteiger partial charge in [-0.15, -0.1) is 12.4 Å². The molecule has 5 heteroatoms. The van der Waals surface area contributed by atoms with E-state index in [-0.39, 0.29) is 18.3 Å². The minimum atomic E-state index is 0. The van der Waals surface area contributed by atoms with Gasteiger partial charge in [-0.05, 0) is 44.2 Å². The first-order chi connectivity index (χ1) is 8.20. The molecule has 0 aliphatic carbocycles. The lowest BCUT2D eigenvalue weighted by molar-refractivity contribution is 0.0707. The largest absolute Gasteiger partial charge is 0.339 e. The molecule has 1 heterocycles. The van der Waals surface area contributed by atoms with E-state index in [1.165, 1.54) is 0 Å². The number of carbonyl (C=O) groups excluding carboxylic acids is 1. The van der Waals surface area contributed by atoms with Gasteiger partial charge in [0, 0.05) is 29.2 Å². The van der Waals surface area contributed by atoms with E-state index in [1.54, 1.807) is 0 Å². The van der Waals surface area contributed by atoms with Crippen molar-refractivity contribution < 1.29 is 4.79 Å². The molecule has 1 saturated heterocycles. The molecule has 0 bridgehead atoms. The molecule has 0 unspecified atom stereocenters. The Balaban J connectivity index is 0.00000162. The number of amides is 1. The molecule has 18 heavy (non-hydrogen) atoms. The Bertz CT molecular complexity index is 388. The number of halogens is 2. The van der Waals surface area contributed by atoms with E-state index in [4.69, 9.17) is 0 Å². The summed E-state index contributed by atoms with van der Waals surface area (Å²) in [5.74, 6) is 0.145. The lowest BCUT2D eigenvalue weighted by atomic mass is 10.0. The first-order valence-corrected chi connectivity index (χ1v) is 6.72. The van der Waals surface area contributed by atoms with Gasteiger partial charge in [-0.25, -0.2) is 0 Å². The number of benzene rings is 1. The number of carbonyl (C=O) groups is 1. The lowest BCUT2D eigenvalue weighted by Gasteiger charge is -2.31. The van der Waals surface area contributed by atoms with Crippen molar-refractivity contribution in [1.29, 1.82) is 0 Å².